The van der Waals surface area contributed by atoms with Crippen LogP contribution in [-0.4, -0.2) is 10.9 Å². The summed E-state index contributed by atoms with van der Waals surface area (Å²) in [4.78, 5) is 11.6. The van der Waals surface area contributed by atoms with Crippen molar-refractivity contribution in [3.63, 3.8) is 0 Å². The molecule has 0 bridgehead atoms. The fraction of sp³-hybridized carbons (Fsp3) is 0.833. The largest absolute Gasteiger partial charge is 0.287 e. The summed E-state index contributed by atoms with van der Waals surface area (Å²) in [6.45, 7) is 4.47. The van der Waals surface area contributed by atoms with E-state index < -0.39 is 0 Å². The molecule has 1 nitrogen and oxygen atoms in total. The summed E-state index contributed by atoms with van der Waals surface area (Å²) in [5.41, 5.74) is 0. The van der Waals surface area contributed by atoms with Crippen LogP contribution in [0.15, 0.2) is 12.2 Å². The van der Waals surface area contributed by atoms with Crippen molar-refractivity contribution in [2.45, 2.75) is 90.9 Å². The third-order valence-corrected chi connectivity index (χ3v) is 4.35. The number of carbonyl (C=O) groups is 1. The minimum atomic E-state index is 0.371. The van der Waals surface area contributed by atoms with Gasteiger partial charge in [-0.15, -0.1) is 0 Å². The fourth-order valence-electron chi connectivity index (χ4n) is 2.14. The Morgan fingerprint density at radius 3 is 2.10 bits per heavy atom. The Balaban J connectivity index is 3.25. The molecule has 0 amide bonds. The van der Waals surface area contributed by atoms with E-state index in [0.29, 0.717) is 5.12 Å². The molecule has 0 aromatic carbocycles. The van der Waals surface area contributed by atoms with Crippen molar-refractivity contribution in [3.8, 4) is 0 Å². The molecule has 0 aromatic rings. The Morgan fingerprint density at radius 1 is 0.800 bits per heavy atom. The lowest BCUT2D eigenvalue weighted by Gasteiger charge is -2.00. The van der Waals surface area contributed by atoms with Gasteiger partial charge in [-0.2, -0.15) is 0 Å². The molecule has 0 spiro atoms. The molecular formula is C18H34OS. The summed E-state index contributed by atoms with van der Waals surface area (Å²) in [6.07, 6.45) is 19.2. The van der Waals surface area contributed by atoms with Gasteiger partial charge < -0.3 is 0 Å². The van der Waals surface area contributed by atoms with Crippen molar-refractivity contribution in [2.75, 3.05) is 5.75 Å². The van der Waals surface area contributed by atoms with Gasteiger partial charge in [0.1, 0.15) is 0 Å². The van der Waals surface area contributed by atoms with Crippen molar-refractivity contribution in [2.24, 2.45) is 0 Å². The van der Waals surface area contributed by atoms with E-state index in [1.807, 2.05) is 0 Å². The molecule has 0 heterocycles. The first kappa shape index (κ1) is 19.8. The second-order valence-corrected chi connectivity index (χ2v) is 6.60. The van der Waals surface area contributed by atoms with Gasteiger partial charge in [0.2, 0.25) is 0 Å². The van der Waals surface area contributed by atoms with Gasteiger partial charge in [-0.1, -0.05) is 89.1 Å². The minimum absolute atomic E-state index is 0.371. The Bertz CT molecular complexity index is 236. The van der Waals surface area contributed by atoms with Crippen molar-refractivity contribution in [1.29, 1.82) is 0 Å². The summed E-state index contributed by atoms with van der Waals surface area (Å²) >= 11 is 1.49. The summed E-state index contributed by atoms with van der Waals surface area (Å²) in [7, 11) is 0. The van der Waals surface area contributed by atoms with Gasteiger partial charge in [-0.05, 0) is 19.3 Å². The highest BCUT2D eigenvalue weighted by Crippen LogP contribution is 2.12. The van der Waals surface area contributed by atoms with Gasteiger partial charge in [-0.25, -0.2) is 0 Å². The Morgan fingerprint density at radius 2 is 1.40 bits per heavy atom. The summed E-state index contributed by atoms with van der Waals surface area (Å²) in [5.74, 6) is 0.864. The average molecular weight is 299 g/mol. The smallest absolute Gasteiger partial charge is 0.189 e. The van der Waals surface area contributed by atoms with E-state index in [4.69, 9.17) is 0 Å². The lowest BCUT2D eigenvalue weighted by molar-refractivity contribution is -0.111. The molecule has 20 heavy (non-hydrogen) atoms. The highest BCUT2D eigenvalue weighted by molar-refractivity contribution is 8.13. The predicted molar refractivity (Wildman–Crippen MR) is 93.4 cm³/mol. The van der Waals surface area contributed by atoms with Gasteiger partial charge in [0.15, 0.2) is 5.12 Å². The molecule has 0 fully saturated rings. The van der Waals surface area contributed by atoms with Crippen LogP contribution in [0, 0.1) is 0 Å². The monoisotopic (exact) mass is 298 g/mol. The maximum atomic E-state index is 11.6. The zero-order valence-corrected chi connectivity index (χ0v) is 14.5. The molecule has 0 aliphatic rings. The average Bonchev–Trinajstić information content (AvgIpc) is 2.45. The predicted octanol–water partition coefficient (Wildman–Crippen LogP) is 6.52. The third-order valence-electron chi connectivity index (χ3n) is 3.47. The molecule has 0 aliphatic carbocycles. The molecule has 2 heteroatoms. The maximum Gasteiger partial charge on any atom is 0.189 e. The number of thioether (sulfide) groups is 1. The molecule has 0 aromatic heterocycles. The zero-order chi connectivity index (χ0) is 14.9. The van der Waals surface area contributed by atoms with Crippen LogP contribution >= 0.6 is 11.8 Å². The molecular weight excluding hydrogens is 264 g/mol. The molecule has 0 N–H and O–H groups in total. The molecule has 0 rings (SSSR count). The van der Waals surface area contributed by atoms with Crippen LogP contribution in [0.3, 0.4) is 0 Å². The summed E-state index contributed by atoms with van der Waals surface area (Å²) in [6, 6.07) is 0. The van der Waals surface area contributed by atoms with Crippen molar-refractivity contribution >= 4 is 16.9 Å². The van der Waals surface area contributed by atoms with E-state index in [2.05, 4.69) is 26.0 Å². The topological polar surface area (TPSA) is 17.1 Å². The van der Waals surface area contributed by atoms with Crippen LogP contribution < -0.4 is 0 Å². The van der Waals surface area contributed by atoms with E-state index in [-0.39, 0.29) is 0 Å². The molecule has 0 saturated heterocycles. The number of allylic oxidation sites excluding steroid dienone is 1. The first-order chi connectivity index (χ1) is 9.81. The molecule has 0 aliphatic heterocycles. The van der Waals surface area contributed by atoms with E-state index in [1.54, 1.807) is 0 Å². The Labute approximate surface area is 131 Å². The third kappa shape index (κ3) is 15.8. The highest BCUT2D eigenvalue weighted by Gasteiger charge is 2.00. The second-order valence-electron chi connectivity index (χ2n) is 5.52. The SMILES string of the molecule is CCCCCC/C=C\CSC(=O)CCCCCCCC. The molecule has 0 radical (unpaired) electrons. The number of rotatable bonds is 14. The van der Waals surface area contributed by atoms with E-state index in [1.165, 1.54) is 76.0 Å². The summed E-state index contributed by atoms with van der Waals surface area (Å²) < 4.78 is 0. The first-order valence-corrected chi connectivity index (χ1v) is 9.60. The Kier molecular flexibility index (Phi) is 16.6. The minimum Gasteiger partial charge on any atom is -0.287 e. The van der Waals surface area contributed by atoms with Crippen LogP contribution in [0.1, 0.15) is 90.9 Å². The number of unbranched alkanes of at least 4 members (excludes halogenated alkanes) is 9. The van der Waals surface area contributed by atoms with Crippen LogP contribution in [0.5, 0.6) is 0 Å². The van der Waals surface area contributed by atoms with Crippen molar-refractivity contribution < 1.29 is 4.79 Å². The second kappa shape index (κ2) is 16.8. The van der Waals surface area contributed by atoms with E-state index >= 15 is 0 Å². The maximum absolute atomic E-state index is 11.6. The van der Waals surface area contributed by atoms with Crippen LogP contribution in [-0.2, 0) is 4.79 Å². The first-order valence-electron chi connectivity index (χ1n) is 8.61. The van der Waals surface area contributed by atoms with Crippen LogP contribution in [0.4, 0.5) is 0 Å². The lowest BCUT2D eigenvalue weighted by Crippen LogP contribution is -1.92. The number of hydrogen-bond donors (Lipinski definition) is 0. The molecule has 0 atom stereocenters. The van der Waals surface area contributed by atoms with Gasteiger partial charge in [0.25, 0.3) is 0 Å². The molecule has 0 unspecified atom stereocenters. The zero-order valence-electron chi connectivity index (χ0n) is 13.7. The lowest BCUT2D eigenvalue weighted by atomic mass is 10.1. The van der Waals surface area contributed by atoms with E-state index in [9.17, 15) is 4.79 Å². The Hall–Kier alpha value is -0.240. The van der Waals surface area contributed by atoms with Gasteiger partial charge in [0.05, 0.1) is 0 Å². The van der Waals surface area contributed by atoms with Crippen molar-refractivity contribution in [3.05, 3.63) is 12.2 Å². The molecule has 118 valence electrons. The standard InChI is InChI=1S/C18H34OS/c1-3-5-7-9-11-13-15-17-20-18(19)16-14-12-10-8-6-4-2/h13,15H,3-12,14,16-17H2,1-2H3/b15-13-. The summed E-state index contributed by atoms with van der Waals surface area (Å²) in [5, 5.41) is 0.371. The quantitative estimate of drug-likeness (QED) is 0.268. The normalized spacial score (nSPS) is 11.3. The fourth-order valence-corrected chi connectivity index (χ4v) is 2.84. The van der Waals surface area contributed by atoms with Gasteiger partial charge in [0, 0.05) is 12.2 Å². The van der Waals surface area contributed by atoms with Crippen molar-refractivity contribution in [1.82, 2.24) is 0 Å². The number of carbonyl (C=O) groups excluding carboxylic acids is 1. The number of hydrogen-bond acceptors (Lipinski definition) is 2. The molecule has 0 saturated carbocycles. The highest BCUT2D eigenvalue weighted by atomic mass is 32.2. The van der Waals surface area contributed by atoms with Crippen LogP contribution in [0.25, 0.3) is 0 Å². The van der Waals surface area contributed by atoms with E-state index in [0.717, 1.165) is 18.6 Å². The van der Waals surface area contributed by atoms with Gasteiger partial charge in [-0.3, -0.25) is 4.79 Å². The van der Waals surface area contributed by atoms with Gasteiger partial charge >= 0.3 is 0 Å². The van der Waals surface area contributed by atoms with Crippen LogP contribution in [0.2, 0.25) is 0 Å².